The molecule has 0 aliphatic carbocycles. The van der Waals surface area contributed by atoms with Gasteiger partial charge in [-0.2, -0.15) is 0 Å². The van der Waals surface area contributed by atoms with E-state index in [0.29, 0.717) is 6.04 Å². The molecular weight excluding hydrogens is 176 g/mol. The highest BCUT2D eigenvalue weighted by Crippen LogP contribution is 1.97. The van der Waals surface area contributed by atoms with Gasteiger partial charge in [0.1, 0.15) is 0 Å². The Morgan fingerprint density at radius 1 is 1.21 bits per heavy atom. The molecule has 0 saturated carbocycles. The number of amides is 1. The summed E-state index contributed by atoms with van der Waals surface area (Å²) in [6, 6.07) is 0.342. The third-order valence-corrected chi connectivity index (χ3v) is 2.59. The van der Waals surface area contributed by atoms with Gasteiger partial charge < -0.3 is 10.2 Å². The number of carbonyl (C=O) groups is 1. The van der Waals surface area contributed by atoms with Crippen LogP contribution in [-0.4, -0.2) is 36.0 Å². The van der Waals surface area contributed by atoms with Gasteiger partial charge >= 0.3 is 0 Å². The smallest absolute Gasteiger partial charge is 0.239 e. The Hall–Kier alpha value is -0.570. The second kappa shape index (κ2) is 6.82. The lowest BCUT2D eigenvalue weighted by atomic mass is 10.2. The number of likely N-dealkylation sites (N-methyl/N-ethyl adjacent to an activating group) is 1. The first-order valence-electron chi connectivity index (χ1n) is 5.61. The zero-order valence-corrected chi connectivity index (χ0v) is 10.1. The van der Waals surface area contributed by atoms with Crippen LogP contribution in [0.15, 0.2) is 0 Å². The molecule has 0 aliphatic heterocycles. The second-order valence-corrected chi connectivity index (χ2v) is 3.71. The molecule has 0 aromatic carbocycles. The maximum absolute atomic E-state index is 11.8. The molecule has 0 aromatic heterocycles. The predicted molar refractivity (Wildman–Crippen MR) is 60.3 cm³/mol. The maximum Gasteiger partial charge on any atom is 0.239 e. The van der Waals surface area contributed by atoms with E-state index in [4.69, 9.17) is 0 Å². The fourth-order valence-electron chi connectivity index (χ4n) is 1.43. The van der Waals surface area contributed by atoms with Crippen molar-refractivity contribution in [1.29, 1.82) is 0 Å². The fourth-order valence-corrected chi connectivity index (χ4v) is 1.43. The average Bonchev–Trinajstić information content (AvgIpc) is 2.19. The number of carbonyl (C=O) groups excluding carboxylic acids is 1. The van der Waals surface area contributed by atoms with Crippen molar-refractivity contribution in [2.45, 2.75) is 53.1 Å². The molecule has 14 heavy (non-hydrogen) atoms. The van der Waals surface area contributed by atoms with Crippen LogP contribution in [-0.2, 0) is 4.79 Å². The Balaban J connectivity index is 4.09. The van der Waals surface area contributed by atoms with Gasteiger partial charge in [-0.3, -0.25) is 4.79 Å². The van der Waals surface area contributed by atoms with E-state index in [-0.39, 0.29) is 11.9 Å². The first kappa shape index (κ1) is 13.4. The molecule has 0 radical (unpaired) electrons. The summed E-state index contributed by atoms with van der Waals surface area (Å²) in [5.74, 6) is 0.204. The molecule has 1 N–H and O–H groups in total. The van der Waals surface area contributed by atoms with E-state index in [0.717, 1.165) is 19.5 Å². The Bertz CT molecular complexity index is 167. The van der Waals surface area contributed by atoms with Crippen molar-refractivity contribution in [1.82, 2.24) is 10.2 Å². The number of rotatable bonds is 6. The molecule has 0 aromatic rings. The van der Waals surface area contributed by atoms with E-state index < -0.39 is 0 Å². The van der Waals surface area contributed by atoms with Crippen LogP contribution in [0.3, 0.4) is 0 Å². The molecule has 2 unspecified atom stereocenters. The fraction of sp³-hybridized carbons (Fsp3) is 0.909. The molecule has 0 bridgehead atoms. The highest BCUT2D eigenvalue weighted by molar-refractivity contribution is 5.81. The number of nitrogens with one attached hydrogen (secondary N) is 1. The van der Waals surface area contributed by atoms with Crippen LogP contribution in [0.2, 0.25) is 0 Å². The van der Waals surface area contributed by atoms with Crippen molar-refractivity contribution in [3.05, 3.63) is 0 Å². The minimum absolute atomic E-state index is 0.0650. The van der Waals surface area contributed by atoms with Gasteiger partial charge in [0.15, 0.2) is 0 Å². The first-order chi connectivity index (χ1) is 6.56. The lowest BCUT2D eigenvalue weighted by Crippen LogP contribution is -2.47. The summed E-state index contributed by atoms with van der Waals surface area (Å²) in [6.07, 6.45) is 1.05. The highest BCUT2D eigenvalue weighted by Gasteiger charge is 2.18. The van der Waals surface area contributed by atoms with E-state index in [1.54, 1.807) is 0 Å². The number of nitrogens with zero attached hydrogens (tertiary/aromatic N) is 1. The third-order valence-electron chi connectivity index (χ3n) is 2.59. The lowest BCUT2D eigenvalue weighted by Gasteiger charge is -2.25. The Kier molecular flexibility index (Phi) is 6.54. The lowest BCUT2D eigenvalue weighted by molar-refractivity contribution is -0.132. The van der Waals surface area contributed by atoms with Gasteiger partial charge in [-0.25, -0.2) is 0 Å². The minimum atomic E-state index is -0.0650. The minimum Gasteiger partial charge on any atom is -0.342 e. The van der Waals surface area contributed by atoms with Gasteiger partial charge in [0, 0.05) is 19.1 Å². The van der Waals surface area contributed by atoms with Gasteiger partial charge in [-0.1, -0.05) is 6.92 Å². The Labute approximate surface area is 87.9 Å². The molecule has 3 heteroatoms. The van der Waals surface area contributed by atoms with Gasteiger partial charge in [0.25, 0.3) is 0 Å². The van der Waals surface area contributed by atoms with Gasteiger partial charge in [0.2, 0.25) is 5.91 Å². The topological polar surface area (TPSA) is 32.3 Å². The van der Waals surface area contributed by atoms with Crippen LogP contribution in [0, 0.1) is 0 Å². The standard InChI is InChI=1S/C11H24N2O/c1-6-9(4)12-10(5)11(14)13(7-2)8-3/h9-10,12H,6-8H2,1-5H3. The maximum atomic E-state index is 11.8. The molecular formula is C11H24N2O. The summed E-state index contributed by atoms with van der Waals surface area (Å²) in [6.45, 7) is 11.8. The summed E-state index contributed by atoms with van der Waals surface area (Å²) in [5.41, 5.74) is 0. The summed E-state index contributed by atoms with van der Waals surface area (Å²) in [5, 5.41) is 3.29. The first-order valence-corrected chi connectivity index (χ1v) is 5.61. The predicted octanol–water partition coefficient (Wildman–Crippen LogP) is 1.63. The van der Waals surface area contributed by atoms with Crippen molar-refractivity contribution in [2.75, 3.05) is 13.1 Å². The van der Waals surface area contributed by atoms with Crippen LogP contribution < -0.4 is 5.32 Å². The monoisotopic (exact) mass is 200 g/mol. The molecule has 3 nitrogen and oxygen atoms in total. The zero-order valence-electron chi connectivity index (χ0n) is 10.1. The van der Waals surface area contributed by atoms with Crippen molar-refractivity contribution in [3.8, 4) is 0 Å². The zero-order chi connectivity index (χ0) is 11.1. The molecule has 0 rings (SSSR count). The van der Waals surface area contributed by atoms with E-state index >= 15 is 0 Å². The molecule has 0 spiro atoms. The van der Waals surface area contributed by atoms with Crippen LogP contribution in [0.5, 0.6) is 0 Å². The quantitative estimate of drug-likeness (QED) is 0.707. The van der Waals surface area contributed by atoms with Crippen molar-refractivity contribution in [3.63, 3.8) is 0 Å². The molecule has 0 fully saturated rings. The molecule has 0 heterocycles. The van der Waals surface area contributed by atoms with Crippen molar-refractivity contribution < 1.29 is 4.79 Å². The van der Waals surface area contributed by atoms with Gasteiger partial charge in [-0.05, 0) is 34.1 Å². The van der Waals surface area contributed by atoms with Crippen molar-refractivity contribution >= 4 is 5.91 Å². The number of hydrogen-bond acceptors (Lipinski definition) is 2. The third kappa shape index (κ3) is 4.09. The Morgan fingerprint density at radius 2 is 1.71 bits per heavy atom. The van der Waals surface area contributed by atoms with Gasteiger partial charge in [-0.15, -0.1) is 0 Å². The molecule has 84 valence electrons. The summed E-state index contributed by atoms with van der Waals surface area (Å²) < 4.78 is 0. The van der Waals surface area contributed by atoms with Crippen LogP contribution in [0.1, 0.15) is 41.0 Å². The Morgan fingerprint density at radius 3 is 2.07 bits per heavy atom. The second-order valence-electron chi connectivity index (χ2n) is 3.71. The van der Waals surface area contributed by atoms with Crippen LogP contribution in [0.4, 0.5) is 0 Å². The summed E-state index contributed by atoms with van der Waals surface area (Å²) in [4.78, 5) is 13.7. The molecule has 2 atom stereocenters. The normalized spacial score (nSPS) is 14.9. The SMILES string of the molecule is CCC(C)NC(C)C(=O)N(CC)CC. The van der Waals surface area contributed by atoms with E-state index in [1.165, 1.54) is 0 Å². The largest absolute Gasteiger partial charge is 0.342 e. The van der Waals surface area contributed by atoms with E-state index in [2.05, 4.69) is 19.2 Å². The van der Waals surface area contributed by atoms with Crippen LogP contribution >= 0.6 is 0 Å². The summed E-state index contributed by atoms with van der Waals surface area (Å²) in [7, 11) is 0. The molecule has 1 amide bonds. The molecule has 0 saturated heterocycles. The van der Waals surface area contributed by atoms with E-state index in [9.17, 15) is 4.79 Å². The summed E-state index contributed by atoms with van der Waals surface area (Å²) >= 11 is 0. The van der Waals surface area contributed by atoms with Gasteiger partial charge in [0.05, 0.1) is 6.04 Å². The van der Waals surface area contributed by atoms with Crippen molar-refractivity contribution in [2.24, 2.45) is 0 Å². The van der Waals surface area contributed by atoms with E-state index in [1.807, 2.05) is 25.7 Å². The average molecular weight is 200 g/mol. The number of hydrogen-bond donors (Lipinski definition) is 1. The highest BCUT2D eigenvalue weighted by atomic mass is 16.2. The molecule has 0 aliphatic rings. The van der Waals surface area contributed by atoms with Crippen LogP contribution in [0.25, 0.3) is 0 Å².